The Morgan fingerprint density at radius 2 is 1.63 bits per heavy atom. The minimum atomic E-state index is -0.926. The van der Waals surface area contributed by atoms with Crippen LogP contribution in [0.25, 0.3) is 0 Å². The van der Waals surface area contributed by atoms with Crippen LogP contribution in [0.3, 0.4) is 0 Å². The van der Waals surface area contributed by atoms with Gasteiger partial charge >= 0.3 is 0 Å². The molecule has 0 heterocycles. The van der Waals surface area contributed by atoms with E-state index >= 15 is 0 Å². The van der Waals surface area contributed by atoms with E-state index in [1.807, 2.05) is 19.9 Å². The van der Waals surface area contributed by atoms with Crippen molar-refractivity contribution in [2.75, 3.05) is 0 Å². The molecule has 1 N–H and O–H groups in total. The fraction of sp³-hybridized carbons (Fsp3) is 0.200. The summed E-state index contributed by atoms with van der Waals surface area (Å²) in [5, 5.41) is 10.8. The summed E-state index contributed by atoms with van der Waals surface area (Å²) < 4.78 is 13.1. The predicted molar refractivity (Wildman–Crippen MR) is 76.4 cm³/mol. The van der Waals surface area contributed by atoms with E-state index in [-0.39, 0.29) is 5.02 Å². The van der Waals surface area contributed by atoms with Crippen molar-refractivity contribution in [2.45, 2.75) is 20.0 Å². The molecule has 0 aliphatic heterocycles. The lowest BCUT2D eigenvalue weighted by Gasteiger charge is -2.15. The molecule has 0 amide bonds. The fourth-order valence-electron chi connectivity index (χ4n) is 1.87. The molecule has 19 heavy (non-hydrogen) atoms. The molecule has 1 atom stereocenters. The number of aliphatic hydroxyl groups is 1. The summed E-state index contributed by atoms with van der Waals surface area (Å²) in [6.07, 6.45) is -0.926. The summed E-state index contributed by atoms with van der Waals surface area (Å²) in [6.45, 7) is 3.89. The van der Waals surface area contributed by atoms with Gasteiger partial charge in [-0.3, -0.25) is 0 Å². The Balaban J connectivity index is 2.46. The average Bonchev–Trinajstić information content (AvgIpc) is 2.36. The van der Waals surface area contributed by atoms with Crippen molar-refractivity contribution in [3.63, 3.8) is 0 Å². The van der Waals surface area contributed by atoms with Gasteiger partial charge in [-0.2, -0.15) is 0 Å². The van der Waals surface area contributed by atoms with Crippen LogP contribution < -0.4 is 0 Å². The van der Waals surface area contributed by atoms with Gasteiger partial charge in [0.05, 0.1) is 5.02 Å². The molecule has 2 aromatic carbocycles. The number of halogens is 3. The highest BCUT2D eigenvalue weighted by Crippen LogP contribution is 2.32. The molecule has 1 unspecified atom stereocenters. The maximum absolute atomic E-state index is 13.1. The largest absolute Gasteiger partial charge is 0.384 e. The molecule has 2 aromatic rings. The number of aryl methyl sites for hydroxylation is 2. The van der Waals surface area contributed by atoms with Crippen molar-refractivity contribution < 1.29 is 9.50 Å². The van der Waals surface area contributed by atoms with Gasteiger partial charge in [-0.15, -0.1) is 0 Å². The van der Waals surface area contributed by atoms with Crippen molar-refractivity contribution >= 4 is 23.2 Å². The molecular weight excluding hydrogens is 286 g/mol. The monoisotopic (exact) mass is 298 g/mol. The van der Waals surface area contributed by atoms with Crippen molar-refractivity contribution in [1.29, 1.82) is 0 Å². The first-order valence-electron chi connectivity index (χ1n) is 5.80. The lowest BCUT2D eigenvalue weighted by atomic mass is 9.98. The lowest BCUT2D eigenvalue weighted by molar-refractivity contribution is 0.220. The van der Waals surface area contributed by atoms with Gasteiger partial charge in [0, 0.05) is 10.6 Å². The van der Waals surface area contributed by atoms with Crippen LogP contribution in [0.1, 0.15) is 28.4 Å². The maximum Gasteiger partial charge on any atom is 0.141 e. The average molecular weight is 299 g/mol. The van der Waals surface area contributed by atoms with Crippen LogP contribution >= 0.6 is 23.2 Å². The SMILES string of the molecule is Cc1cc(Cl)c(C(O)c2ccc(F)c(Cl)c2)cc1C. The van der Waals surface area contributed by atoms with Crippen LogP contribution in [-0.4, -0.2) is 5.11 Å². The Hall–Kier alpha value is -1.09. The third-order valence-corrected chi connectivity index (χ3v) is 3.78. The van der Waals surface area contributed by atoms with E-state index in [1.165, 1.54) is 18.2 Å². The summed E-state index contributed by atoms with van der Waals surface area (Å²) in [5.41, 5.74) is 3.19. The quantitative estimate of drug-likeness (QED) is 0.842. The highest BCUT2D eigenvalue weighted by atomic mass is 35.5. The number of hydrogen-bond acceptors (Lipinski definition) is 1. The van der Waals surface area contributed by atoms with E-state index in [1.54, 1.807) is 6.07 Å². The standard InChI is InChI=1S/C15H13Cl2FO/c1-8-5-11(12(16)6-9(8)2)15(19)10-3-4-14(18)13(17)7-10/h3-7,15,19H,1-2H3. The third kappa shape index (κ3) is 2.92. The number of benzene rings is 2. The molecule has 100 valence electrons. The Bertz CT molecular complexity index is 626. The zero-order chi connectivity index (χ0) is 14.2. The van der Waals surface area contributed by atoms with Gasteiger partial charge < -0.3 is 5.11 Å². The first-order valence-corrected chi connectivity index (χ1v) is 6.55. The second-order valence-electron chi connectivity index (χ2n) is 4.53. The van der Waals surface area contributed by atoms with Gasteiger partial charge in [-0.1, -0.05) is 35.3 Å². The number of rotatable bonds is 2. The summed E-state index contributed by atoms with van der Waals surface area (Å²) >= 11 is 11.9. The van der Waals surface area contributed by atoms with Crippen LogP contribution in [0.4, 0.5) is 4.39 Å². The molecule has 0 aliphatic carbocycles. The second-order valence-corrected chi connectivity index (χ2v) is 5.35. The summed E-state index contributed by atoms with van der Waals surface area (Å²) in [6, 6.07) is 7.78. The zero-order valence-electron chi connectivity index (χ0n) is 10.5. The van der Waals surface area contributed by atoms with Gasteiger partial charge in [0.25, 0.3) is 0 Å². The summed E-state index contributed by atoms with van der Waals surface area (Å²) in [5.74, 6) is -0.510. The first-order chi connectivity index (χ1) is 8.90. The zero-order valence-corrected chi connectivity index (χ0v) is 12.1. The van der Waals surface area contributed by atoms with E-state index < -0.39 is 11.9 Å². The Morgan fingerprint density at radius 1 is 1.00 bits per heavy atom. The van der Waals surface area contributed by atoms with Gasteiger partial charge in [0.15, 0.2) is 0 Å². The van der Waals surface area contributed by atoms with E-state index in [0.717, 1.165) is 11.1 Å². The summed E-state index contributed by atoms with van der Waals surface area (Å²) in [7, 11) is 0. The first kappa shape index (κ1) is 14.3. The second kappa shape index (κ2) is 5.49. The molecule has 0 aliphatic rings. The number of aliphatic hydroxyl groups excluding tert-OH is 1. The molecule has 0 aromatic heterocycles. The molecular formula is C15H13Cl2FO. The van der Waals surface area contributed by atoms with Crippen LogP contribution in [0.2, 0.25) is 10.0 Å². The van der Waals surface area contributed by atoms with E-state index in [0.29, 0.717) is 16.1 Å². The minimum Gasteiger partial charge on any atom is -0.384 e. The third-order valence-electron chi connectivity index (χ3n) is 3.17. The predicted octanol–water partition coefficient (Wildman–Crippen LogP) is 4.83. The topological polar surface area (TPSA) is 20.2 Å². The molecule has 4 heteroatoms. The van der Waals surface area contributed by atoms with Crippen LogP contribution in [0, 0.1) is 19.7 Å². The normalized spacial score (nSPS) is 12.5. The van der Waals surface area contributed by atoms with Crippen LogP contribution in [0.15, 0.2) is 30.3 Å². The summed E-state index contributed by atoms with van der Waals surface area (Å²) in [4.78, 5) is 0. The van der Waals surface area contributed by atoms with Gasteiger partial charge in [-0.25, -0.2) is 4.39 Å². The molecule has 0 spiro atoms. The molecule has 0 saturated carbocycles. The Labute approximate surface area is 121 Å². The van der Waals surface area contributed by atoms with Gasteiger partial charge in [0.2, 0.25) is 0 Å². The Kier molecular flexibility index (Phi) is 4.14. The lowest BCUT2D eigenvalue weighted by Crippen LogP contribution is -2.02. The Morgan fingerprint density at radius 3 is 2.26 bits per heavy atom. The molecule has 2 rings (SSSR count). The van der Waals surface area contributed by atoms with Crippen molar-refractivity contribution in [3.8, 4) is 0 Å². The minimum absolute atomic E-state index is 0.0171. The molecule has 0 bridgehead atoms. The van der Waals surface area contributed by atoms with E-state index in [2.05, 4.69) is 0 Å². The van der Waals surface area contributed by atoms with Crippen LogP contribution in [0.5, 0.6) is 0 Å². The highest BCUT2D eigenvalue weighted by Gasteiger charge is 2.16. The van der Waals surface area contributed by atoms with Gasteiger partial charge in [-0.05, 0) is 48.7 Å². The molecule has 0 radical (unpaired) electrons. The van der Waals surface area contributed by atoms with Crippen LogP contribution in [-0.2, 0) is 0 Å². The van der Waals surface area contributed by atoms with Crippen molar-refractivity contribution in [1.82, 2.24) is 0 Å². The molecule has 1 nitrogen and oxygen atoms in total. The van der Waals surface area contributed by atoms with Gasteiger partial charge in [0.1, 0.15) is 11.9 Å². The van der Waals surface area contributed by atoms with E-state index in [9.17, 15) is 9.50 Å². The van der Waals surface area contributed by atoms with Crippen molar-refractivity contribution in [2.24, 2.45) is 0 Å². The fourth-order valence-corrected chi connectivity index (χ4v) is 2.39. The highest BCUT2D eigenvalue weighted by molar-refractivity contribution is 6.31. The number of hydrogen-bond donors (Lipinski definition) is 1. The van der Waals surface area contributed by atoms with E-state index in [4.69, 9.17) is 23.2 Å². The smallest absolute Gasteiger partial charge is 0.141 e. The van der Waals surface area contributed by atoms with Crippen molar-refractivity contribution in [3.05, 3.63) is 68.4 Å². The molecule has 0 fully saturated rings. The molecule has 0 saturated heterocycles. The maximum atomic E-state index is 13.1.